The van der Waals surface area contributed by atoms with Crippen molar-refractivity contribution in [3.05, 3.63) is 84.8 Å². The Bertz CT molecular complexity index is 1030. The zero-order valence-electron chi connectivity index (χ0n) is 14.2. The second-order valence-corrected chi connectivity index (χ2v) is 5.98. The molecule has 4 aromatic rings. The number of benzene rings is 2. The van der Waals surface area contributed by atoms with Gasteiger partial charge >= 0.3 is 0 Å². The van der Waals surface area contributed by atoms with Crippen LogP contribution >= 0.6 is 0 Å². The van der Waals surface area contributed by atoms with Crippen molar-refractivity contribution in [1.82, 2.24) is 20.1 Å². The number of pyridine rings is 1. The molecule has 5 nitrogen and oxygen atoms in total. The zero-order chi connectivity index (χ0) is 17.8. The van der Waals surface area contributed by atoms with Crippen molar-refractivity contribution in [2.75, 3.05) is 6.54 Å². The van der Waals surface area contributed by atoms with Crippen LogP contribution in [0.4, 0.5) is 0 Å². The van der Waals surface area contributed by atoms with E-state index in [-0.39, 0.29) is 5.91 Å². The molecule has 0 spiro atoms. The average Bonchev–Trinajstić information content (AvgIpc) is 3.17. The van der Waals surface area contributed by atoms with Gasteiger partial charge in [-0.15, -0.1) is 0 Å². The Labute approximate surface area is 151 Å². The number of nitrogens with one attached hydrogen (secondary N) is 1. The summed E-state index contributed by atoms with van der Waals surface area (Å²) in [6, 6.07) is 19.5. The van der Waals surface area contributed by atoms with E-state index in [9.17, 15) is 4.79 Å². The van der Waals surface area contributed by atoms with Crippen LogP contribution < -0.4 is 5.32 Å². The SMILES string of the molecule is O=C(NCCn1ccc(-c2ccncc2)n1)c1cccc2ccccc12. The monoisotopic (exact) mass is 342 g/mol. The lowest BCUT2D eigenvalue weighted by atomic mass is 10.0. The Morgan fingerprint density at radius 3 is 2.65 bits per heavy atom. The van der Waals surface area contributed by atoms with Gasteiger partial charge in [0.1, 0.15) is 0 Å². The largest absolute Gasteiger partial charge is 0.350 e. The zero-order valence-corrected chi connectivity index (χ0v) is 14.2. The van der Waals surface area contributed by atoms with Crippen molar-refractivity contribution in [1.29, 1.82) is 0 Å². The first kappa shape index (κ1) is 16.0. The second-order valence-electron chi connectivity index (χ2n) is 5.98. The van der Waals surface area contributed by atoms with Crippen LogP contribution in [-0.4, -0.2) is 27.2 Å². The molecule has 0 saturated heterocycles. The highest BCUT2D eigenvalue weighted by atomic mass is 16.1. The Morgan fingerprint density at radius 1 is 0.962 bits per heavy atom. The molecule has 2 aromatic carbocycles. The smallest absolute Gasteiger partial charge is 0.251 e. The molecule has 2 heterocycles. The summed E-state index contributed by atoms with van der Waals surface area (Å²) in [5, 5.41) is 9.54. The van der Waals surface area contributed by atoms with Crippen molar-refractivity contribution in [2.45, 2.75) is 6.54 Å². The van der Waals surface area contributed by atoms with Crippen molar-refractivity contribution < 1.29 is 4.79 Å². The van der Waals surface area contributed by atoms with E-state index in [2.05, 4.69) is 15.4 Å². The summed E-state index contributed by atoms with van der Waals surface area (Å²) in [7, 11) is 0. The highest BCUT2D eigenvalue weighted by Crippen LogP contribution is 2.18. The summed E-state index contributed by atoms with van der Waals surface area (Å²) in [5.74, 6) is -0.0664. The highest BCUT2D eigenvalue weighted by molar-refractivity contribution is 6.06. The molecule has 1 amide bonds. The summed E-state index contributed by atoms with van der Waals surface area (Å²) >= 11 is 0. The number of rotatable bonds is 5. The molecule has 0 fully saturated rings. The van der Waals surface area contributed by atoms with Gasteiger partial charge in [-0.1, -0.05) is 36.4 Å². The number of fused-ring (bicyclic) bond motifs is 1. The molecule has 4 rings (SSSR count). The van der Waals surface area contributed by atoms with E-state index < -0.39 is 0 Å². The summed E-state index contributed by atoms with van der Waals surface area (Å²) in [5.41, 5.74) is 2.62. The topological polar surface area (TPSA) is 59.8 Å². The number of hydrogen-bond acceptors (Lipinski definition) is 3. The molecule has 0 aliphatic rings. The number of aromatic nitrogens is 3. The third-order valence-corrected chi connectivity index (χ3v) is 4.28. The summed E-state index contributed by atoms with van der Waals surface area (Å²) < 4.78 is 1.83. The minimum Gasteiger partial charge on any atom is -0.350 e. The lowest BCUT2D eigenvalue weighted by Crippen LogP contribution is -2.27. The van der Waals surface area contributed by atoms with E-state index in [4.69, 9.17) is 0 Å². The molecule has 0 aliphatic carbocycles. The molecular formula is C21H18N4O. The maximum atomic E-state index is 12.5. The second kappa shape index (κ2) is 7.19. The summed E-state index contributed by atoms with van der Waals surface area (Å²) in [6.07, 6.45) is 5.41. The van der Waals surface area contributed by atoms with Crippen LogP contribution in [0.25, 0.3) is 22.0 Å². The molecule has 0 unspecified atom stereocenters. The molecule has 0 bridgehead atoms. The Morgan fingerprint density at radius 2 is 1.77 bits per heavy atom. The molecule has 26 heavy (non-hydrogen) atoms. The van der Waals surface area contributed by atoms with E-state index in [1.807, 2.05) is 71.5 Å². The van der Waals surface area contributed by atoms with Crippen LogP contribution in [0.5, 0.6) is 0 Å². The van der Waals surface area contributed by atoms with Gasteiger partial charge in [0.15, 0.2) is 0 Å². The van der Waals surface area contributed by atoms with E-state index >= 15 is 0 Å². The van der Waals surface area contributed by atoms with Crippen LogP contribution in [-0.2, 0) is 6.54 Å². The minimum atomic E-state index is -0.0664. The molecule has 2 aromatic heterocycles. The fourth-order valence-corrected chi connectivity index (χ4v) is 2.97. The predicted molar refractivity (Wildman–Crippen MR) is 102 cm³/mol. The van der Waals surface area contributed by atoms with Gasteiger partial charge in [-0.05, 0) is 35.0 Å². The van der Waals surface area contributed by atoms with Gasteiger partial charge < -0.3 is 5.32 Å². The first-order valence-electron chi connectivity index (χ1n) is 8.51. The lowest BCUT2D eigenvalue weighted by molar-refractivity contribution is 0.0953. The fourth-order valence-electron chi connectivity index (χ4n) is 2.97. The number of hydrogen-bond donors (Lipinski definition) is 1. The minimum absolute atomic E-state index is 0.0664. The van der Waals surface area contributed by atoms with E-state index in [0.717, 1.165) is 22.0 Å². The van der Waals surface area contributed by atoms with Crippen LogP contribution in [0, 0.1) is 0 Å². The Kier molecular flexibility index (Phi) is 4.43. The maximum Gasteiger partial charge on any atom is 0.251 e. The van der Waals surface area contributed by atoms with Crippen LogP contribution in [0.2, 0.25) is 0 Å². The lowest BCUT2D eigenvalue weighted by Gasteiger charge is -2.08. The molecular weight excluding hydrogens is 324 g/mol. The van der Waals surface area contributed by atoms with Crippen LogP contribution in [0.1, 0.15) is 10.4 Å². The Balaban J connectivity index is 1.40. The van der Waals surface area contributed by atoms with Gasteiger partial charge in [0.25, 0.3) is 5.91 Å². The molecule has 0 atom stereocenters. The summed E-state index contributed by atoms with van der Waals surface area (Å²) in [4.78, 5) is 16.5. The van der Waals surface area contributed by atoms with Crippen molar-refractivity contribution in [3.63, 3.8) is 0 Å². The number of carbonyl (C=O) groups excluding carboxylic acids is 1. The van der Waals surface area contributed by atoms with Crippen LogP contribution in [0.3, 0.4) is 0 Å². The van der Waals surface area contributed by atoms with Crippen molar-refractivity contribution in [2.24, 2.45) is 0 Å². The molecule has 128 valence electrons. The van der Waals surface area contributed by atoms with Gasteiger partial charge in [0.2, 0.25) is 0 Å². The van der Waals surface area contributed by atoms with E-state index in [1.54, 1.807) is 12.4 Å². The van der Waals surface area contributed by atoms with Gasteiger partial charge in [-0.2, -0.15) is 5.10 Å². The molecule has 0 saturated carbocycles. The highest BCUT2D eigenvalue weighted by Gasteiger charge is 2.09. The third-order valence-electron chi connectivity index (χ3n) is 4.28. The van der Waals surface area contributed by atoms with Gasteiger partial charge in [0.05, 0.1) is 12.2 Å². The standard InChI is InChI=1S/C21H18N4O/c26-21(19-7-3-5-16-4-1-2-6-18(16)19)23-13-15-25-14-10-20(24-25)17-8-11-22-12-9-17/h1-12,14H,13,15H2,(H,23,26). The van der Waals surface area contributed by atoms with Crippen molar-refractivity contribution in [3.8, 4) is 11.3 Å². The quantitative estimate of drug-likeness (QED) is 0.603. The van der Waals surface area contributed by atoms with Gasteiger partial charge in [-0.3, -0.25) is 14.5 Å². The Hall–Kier alpha value is -3.47. The normalized spacial score (nSPS) is 10.8. The van der Waals surface area contributed by atoms with E-state index in [1.165, 1.54) is 0 Å². The third kappa shape index (κ3) is 3.32. The van der Waals surface area contributed by atoms with Gasteiger partial charge in [-0.25, -0.2) is 0 Å². The van der Waals surface area contributed by atoms with Crippen LogP contribution in [0.15, 0.2) is 79.3 Å². The van der Waals surface area contributed by atoms with E-state index in [0.29, 0.717) is 18.7 Å². The first-order valence-corrected chi connectivity index (χ1v) is 8.51. The van der Waals surface area contributed by atoms with Crippen molar-refractivity contribution >= 4 is 16.7 Å². The summed E-state index contributed by atoms with van der Waals surface area (Å²) in [6.45, 7) is 1.13. The van der Waals surface area contributed by atoms with Gasteiger partial charge in [0, 0.05) is 36.3 Å². The molecule has 0 radical (unpaired) electrons. The predicted octanol–water partition coefficient (Wildman–Crippen LogP) is 3.53. The number of nitrogens with zero attached hydrogens (tertiary/aromatic N) is 3. The molecule has 0 aliphatic heterocycles. The number of carbonyl (C=O) groups is 1. The average molecular weight is 342 g/mol. The maximum absolute atomic E-state index is 12.5. The molecule has 5 heteroatoms. The molecule has 1 N–H and O–H groups in total. The number of amides is 1. The fraction of sp³-hybridized carbons (Fsp3) is 0.0952. The first-order chi connectivity index (χ1) is 12.8.